The van der Waals surface area contributed by atoms with Gasteiger partial charge in [-0.05, 0) is 49.2 Å². The summed E-state index contributed by atoms with van der Waals surface area (Å²) in [5, 5.41) is 11.4. The maximum absolute atomic E-state index is 12.6. The Hall–Kier alpha value is -2.65. The molecule has 8 nitrogen and oxygen atoms in total. The molecular weight excluding hydrogens is 360 g/mol. The molecule has 1 heterocycles. The topological polar surface area (TPSA) is 99.0 Å². The molecule has 0 N–H and O–H groups in total. The van der Waals surface area contributed by atoms with Crippen LogP contribution in [0.25, 0.3) is 0 Å². The summed E-state index contributed by atoms with van der Waals surface area (Å²) in [6, 6.07) is 10.2. The first-order valence-corrected chi connectivity index (χ1v) is 9.46. The van der Waals surface area contributed by atoms with E-state index in [1.165, 1.54) is 23.5 Å². The lowest BCUT2D eigenvalue weighted by molar-refractivity contribution is -0.385. The molecule has 3 rings (SSSR count). The summed E-state index contributed by atoms with van der Waals surface area (Å²) in [6.45, 7) is 0.862. The highest BCUT2D eigenvalue weighted by atomic mass is 32.2. The molecule has 0 aliphatic carbocycles. The fraction of sp³-hybridized carbons (Fsp3) is 0.294. The van der Waals surface area contributed by atoms with E-state index < -0.39 is 20.6 Å². The molecule has 0 radical (unpaired) electrons. The molecule has 26 heavy (non-hydrogen) atoms. The molecule has 2 aromatic rings. The zero-order valence-corrected chi connectivity index (χ0v) is 14.9. The van der Waals surface area contributed by atoms with Crippen molar-refractivity contribution in [3.05, 3.63) is 52.6 Å². The number of rotatable bonds is 6. The Bertz CT molecular complexity index is 905. The number of nitro benzene ring substituents is 1. The number of methoxy groups -OCH3 is 1. The van der Waals surface area contributed by atoms with E-state index in [1.807, 2.05) is 0 Å². The predicted octanol–water partition coefficient (Wildman–Crippen LogP) is 3.18. The normalized spacial score (nSPS) is 15.0. The van der Waals surface area contributed by atoms with Gasteiger partial charge in [0.25, 0.3) is 0 Å². The molecule has 0 amide bonds. The molecule has 0 atom stereocenters. The van der Waals surface area contributed by atoms with Crippen LogP contribution in [0.2, 0.25) is 0 Å². The van der Waals surface area contributed by atoms with Crippen molar-refractivity contribution in [1.82, 2.24) is 4.31 Å². The van der Waals surface area contributed by atoms with Crippen molar-refractivity contribution < 1.29 is 22.8 Å². The molecule has 0 aromatic heterocycles. The Morgan fingerprint density at radius 1 is 1.04 bits per heavy atom. The second kappa shape index (κ2) is 7.30. The van der Waals surface area contributed by atoms with Gasteiger partial charge >= 0.3 is 5.69 Å². The molecule has 138 valence electrons. The number of nitrogens with zero attached hydrogens (tertiary/aromatic N) is 2. The van der Waals surface area contributed by atoms with Crippen molar-refractivity contribution in [2.75, 3.05) is 20.2 Å². The zero-order valence-electron chi connectivity index (χ0n) is 14.1. The average Bonchev–Trinajstić information content (AvgIpc) is 3.18. The van der Waals surface area contributed by atoms with Crippen molar-refractivity contribution in [2.45, 2.75) is 17.7 Å². The van der Waals surface area contributed by atoms with Crippen molar-refractivity contribution in [3.63, 3.8) is 0 Å². The molecule has 1 aliphatic heterocycles. The van der Waals surface area contributed by atoms with E-state index >= 15 is 0 Å². The smallest absolute Gasteiger partial charge is 0.312 e. The van der Waals surface area contributed by atoms with Crippen LogP contribution in [0.4, 0.5) is 5.69 Å². The SMILES string of the molecule is COc1ccc(Oc2ccc(S(=O)(=O)N3CCCC3)cc2[N+](=O)[O-])cc1. The van der Waals surface area contributed by atoms with Gasteiger partial charge in [0, 0.05) is 19.2 Å². The molecule has 0 saturated carbocycles. The minimum atomic E-state index is -3.74. The van der Waals surface area contributed by atoms with E-state index in [4.69, 9.17) is 9.47 Å². The second-order valence-corrected chi connectivity index (χ2v) is 7.71. The van der Waals surface area contributed by atoms with Crippen molar-refractivity contribution in [1.29, 1.82) is 0 Å². The van der Waals surface area contributed by atoms with Crippen molar-refractivity contribution in [2.24, 2.45) is 0 Å². The molecule has 1 fully saturated rings. The van der Waals surface area contributed by atoms with Crippen LogP contribution >= 0.6 is 0 Å². The fourth-order valence-corrected chi connectivity index (χ4v) is 4.27. The Balaban J connectivity index is 1.92. The van der Waals surface area contributed by atoms with Gasteiger partial charge in [-0.25, -0.2) is 8.42 Å². The molecule has 0 spiro atoms. The molecular formula is C17H18N2O6S. The molecule has 0 unspecified atom stereocenters. The van der Waals surface area contributed by atoms with E-state index in [1.54, 1.807) is 24.3 Å². The van der Waals surface area contributed by atoms with Crippen LogP contribution in [-0.2, 0) is 10.0 Å². The van der Waals surface area contributed by atoms with Gasteiger partial charge in [0.15, 0.2) is 0 Å². The summed E-state index contributed by atoms with van der Waals surface area (Å²) in [4.78, 5) is 10.7. The average molecular weight is 378 g/mol. The van der Waals surface area contributed by atoms with E-state index in [9.17, 15) is 18.5 Å². The van der Waals surface area contributed by atoms with Crippen LogP contribution < -0.4 is 9.47 Å². The number of nitro groups is 1. The van der Waals surface area contributed by atoms with Crippen LogP contribution in [0.15, 0.2) is 47.4 Å². The van der Waals surface area contributed by atoms with Crippen molar-refractivity contribution >= 4 is 15.7 Å². The van der Waals surface area contributed by atoms with E-state index in [-0.39, 0.29) is 10.6 Å². The molecule has 9 heteroatoms. The number of ether oxygens (including phenoxy) is 2. The summed E-state index contributed by atoms with van der Waals surface area (Å²) in [6.07, 6.45) is 1.58. The predicted molar refractivity (Wildman–Crippen MR) is 94.2 cm³/mol. The van der Waals surface area contributed by atoms with Crippen LogP contribution in [0.1, 0.15) is 12.8 Å². The third-order valence-electron chi connectivity index (χ3n) is 4.12. The second-order valence-electron chi connectivity index (χ2n) is 5.78. The summed E-state index contributed by atoms with van der Waals surface area (Å²) < 4.78 is 37.1. The summed E-state index contributed by atoms with van der Waals surface area (Å²) in [5.41, 5.74) is -0.402. The highest BCUT2D eigenvalue weighted by Crippen LogP contribution is 2.35. The Morgan fingerprint density at radius 2 is 1.65 bits per heavy atom. The quantitative estimate of drug-likeness (QED) is 0.565. The van der Waals surface area contributed by atoms with Crippen LogP contribution in [0, 0.1) is 10.1 Å². The third kappa shape index (κ3) is 3.63. The van der Waals surface area contributed by atoms with Gasteiger partial charge in [-0.2, -0.15) is 4.31 Å². The monoisotopic (exact) mass is 378 g/mol. The van der Waals surface area contributed by atoms with Crippen LogP contribution in [0.5, 0.6) is 17.2 Å². The highest BCUT2D eigenvalue weighted by Gasteiger charge is 2.29. The minimum absolute atomic E-state index is 0.0273. The first-order chi connectivity index (χ1) is 12.4. The lowest BCUT2D eigenvalue weighted by Gasteiger charge is -2.16. The van der Waals surface area contributed by atoms with Gasteiger partial charge in [-0.1, -0.05) is 0 Å². The molecule has 1 saturated heterocycles. The van der Waals surface area contributed by atoms with E-state index in [2.05, 4.69) is 0 Å². The minimum Gasteiger partial charge on any atom is -0.497 e. The lowest BCUT2D eigenvalue weighted by Crippen LogP contribution is -2.27. The standard InChI is InChI=1S/C17H18N2O6S/c1-24-13-4-6-14(7-5-13)25-17-9-8-15(12-16(17)19(20)21)26(22,23)18-10-2-3-11-18/h4-9,12H,2-3,10-11H2,1H3. The number of hydrogen-bond donors (Lipinski definition) is 0. The number of hydrogen-bond acceptors (Lipinski definition) is 6. The molecule has 1 aliphatic rings. The largest absolute Gasteiger partial charge is 0.497 e. The summed E-state index contributed by atoms with van der Waals surface area (Å²) in [7, 11) is -2.21. The van der Waals surface area contributed by atoms with Gasteiger partial charge in [-0.15, -0.1) is 0 Å². The number of sulfonamides is 1. The Morgan fingerprint density at radius 3 is 2.23 bits per heavy atom. The van der Waals surface area contributed by atoms with Crippen molar-refractivity contribution in [3.8, 4) is 17.2 Å². The maximum Gasteiger partial charge on any atom is 0.312 e. The first-order valence-electron chi connectivity index (χ1n) is 8.02. The first kappa shape index (κ1) is 18.2. The zero-order chi connectivity index (χ0) is 18.7. The summed E-state index contributed by atoms with van der Waals surface area (Å²) >= 11 is 0. The van der Waals surface area contributed by atoms with Gasteiger partial charge in [0.1, 0.15) is 11.5 Å². The molecule has 0 bridgehead atoms. The van der Waals surface area contributed by atoms with Gasteiger partial charge < -0.3 is 9.47 Å². The third-order valence-corrected chi connectivity index (χ3v) is 6.01. The summed E-state index contributed by atoms with van der Waals surface area (Å²) in [5.74, 6) is 0.975. The van der Waals surface area contributed by atoms with Gasteiger partial charge in [0.05, 0.1) is 16.9 Å². The fourth-order valence-electron chi connectivity index (χ4n) is 2.73. The van der Waals surface area contributed by atoms with Crippen LogP contribution in [-0.4, -0.2) is 37.8 Å². The molecule has 2 aromatic carbocycles. The Labute approximate surface area is 151 Å². The van der Waals surface area contributed by atoms with E-state index in [0.29, 0.717) is 24.6 Å². The van der Waals surface area contributed by atoms with Gasteiger partial charge in [-0.3, -0.25) is 10.1 Å². The van der Waals surface area contributed by atoms with E-state index in [0.717, 1.165) is 18.9 Å². The maximum atomic E-state index is 12.6. The number of benzene rings is 2. The highest BCUT2D eigenvalue weighted by molar-refractivity contribution is 7.89. The van der Waals surface area contributed by atoms with Crippen LogP contribution in [0.3, 0.4) is 0 Å². The lowest BCUT2D eigenvalue weighted by atomic mass is 10.3. The van der Waals surface area contributed by atoms with Gasteiger partial charge in [0.2, 0.25) is 15.8 Å². The Kier molecular flexibility index (Phi) is 5.10.